The normalized spacial score (nSPS) is 11.8. The number of amides is 1. The highest BCUT2D eigenvalue weighted by Crippen LogP contribution is 2.33. The second-order valence-electron chi connectivity index (χ2n) is 8.46. The third-order valence-corrected chi connectivity index (χ3v) is 7.17. The van der Waals surface area contributed by atoms with Gasteiger partial charge < -0.3 is 14.8 Å². The Morgan fingerprint density at radius 1 is 0.946 bits per heavy atom. The predicted octanol–water partition coefficient (Wildman–Crippen LogP) is 6.01. The Balaban J connectivity index is 1.47. The molecule has 1 unspecified atom stereocenters. The number of nitrogens with one attached hydrogen (secondary N) is 1. The number of carbonyl (C=O) groups is 1. The van der Waals surface area contributed by atoms with Gasteiger partial charge in [-0.15, -0.1) is 11.3 Å². The number of benzene rings is 3. The summed E-state index contributed by atoms with van der Waals surface area (Å²) in [5.74, 6) is 0.686. The van der Waals surface area contributed by atoms with E-state index < -0.39 is 6.04 Å². The number of ether oxygens (including phenoxy) is 2. The van der Waals surface area contributed by atoms with Crippen LogP contribution in [0.3, 0.4) is 0 Å². The first-order valence-corrected chi connectivity index (χ1v) is 12.5. The van der Waals surface area contributed by atoms with Crippen LogP contribution in [-0.2, 0) is 4.79 Å². The van der Waals surface area contributed by atoms with Crippen LogP contribution in [-0.4, -0.2) is 29.7 Å². The Bertz CT molecular complexity index is 1630. The van der Waals surface area contributed by atoms with E-state index in [1.807, 2.05) is 47.8 Å². The predicted molar refractivity (Wildman–Crippen MR) is 148 cm³/mol. The fourth-order valence-electron chi connectivity index (χ4n) is 4.18. The van der Waals surface area contributed by atoms with Crippen molar-refractivity contribution in [1.82, 2.24) is 9.55 Å². The molecule has 3 aromatic carbocycles. The van der Waals surface area contributed by atoms with Gasteiger partial charge in [-0.25, -0.2) is 4.98 Å². The summed E-state index contributed by atoms with van der Waals surface area (Å²) in [7, 11) is 3.07. The van der Waals surface area contributed by atoms with E-state index in [1.54, 1.807) is 32.2 Å². The highest BCUT2D eigenvalue weighted by molar-refractivity contribution is 7.17. The standard InChI is InChI=1S/C29H25N3O4S/c1-18(27(33)31-24-15-22(35-2)13-14-25(24)36-3)32-17-30-28-26(29(32)34)23(16-37-28)21-11-9-20(10-12-21)19-7-5-4-6-8-19/h4-18H,1-3H3,(H,31,33). The van der Waals surface area contributed by atoms with E-state index in [0.29, 0.717) is 27.4 Å². The van der Waals surface area contributed by atoms with Crippen molar-refractivity contribution in [3.05, 3.63) is 94.9 Å². The van der Waals surface area contributed by atoms with Crippen LogP contribution in [0.25, 0.3) is 32.5 Å². The molecule has 0 fully saturated rings. The van der Waals surface area contributed by atoms with Gasteiger partial charge in [0.1, 0.15) is 22.4 Å². The molecule has 0 saturated carbocycles. The molecule has 0 saturated heterocycles. The lowest BCUT2D eigenvalue weighted by Gasteiger charge is -2.17. The summed E-state index contributed by atoms with van der Waals surface area (Å²) >= 11 is 1.41. The highest BCUT2D eigenvalue weighted by atomic mass is 32.1. The lowest BCUT2D eigenvalue weighted by atomic mass is 10.0. The summed E-state index contributed by atoms with van der Waals surface area (Å²) in [5, 5.41) is 5.28. The van der Waals surface area contributed by atoms with Gasteiger partial charge in [-0.05, 0) is 35.7 Å². The zero-order valence-corrected chi connectivity index (χ0v) is 21.4. The van der Waals surface area contributed by atoms with E-state index in [0.717, 1.165) is 22.3 Å². The van der Waals surface area contributed by atoms with Crippen LogP contribution >= 0.6 is 11.3 Å². The van der Waals surface area contributed by atoms with Crippen LogP contribution < -0.4 is 20.3 Å². The van der Waals surface area contributed by atoms with Gasteiger partial charge in [-0.3, -0.25) is 14.2 Å². The van der Waals surface area contributed by atoms with Gasteiger partial charge in [0.2, 0.25) is 5.91 Å². The maximum Gasteiger partial charge on any atom is 0.263 e. The fraction of sp³-hybridized carbons (Fsp3) is 0.138. The Hall–Kier alpha value is -4.43. The van der Waals surface area contributed by atoms with E-state index in [-0.39, 0.29) is 11.5 Å². The smallest absolute Gasteiger partial charge is 0.263 e. The third-order valence-electron chi connectivity index (χ3n) is 6.28. The maximum absolute atomic E-state index is 13.6. The topological polar surface area (TPSA) is 82.4 Å². The first-order chi connectivity index (χ1) is 18.0. The summed E-state index contributed by atoms with van der Waals surface area (Å²) in [6.45, 7) is 1.66. The number of hydrogen-bond acceptors (Lipinski definition) is 6. The van der Waals surface area contributed by atoms with Crippen LogP contribution in [0.4, 0.5) is 5.69 Å². The van der Waals surface area contributed by atoms with Crippen LogP contribution in [0.15, 0.2) is 89.3 Å². The third kappa shape index (κ3) is 4.71. The quantitative estimate of drug-likeness (QED) is 0.289. The van der Waals surface area contributed by atoms with E-state index in [4.69, 9.17) is 9.47 Å². The van der Waals surface area contributed by atoms with E-state index >= 15 is 0 Å². The number of thiophene rings is 1. The van der Waals surface area contributed by atoms with Gasteiger partial charge in [-0.1, -0.05) is 54.6 Å². The molecule has 5 aromatic rings. The Kier molecular flexibility index (Phi) is 6.74. The maximum atomic E-state index is 13.6. The molecule has 0 spiro atoms. The lowest BCUT2D eigenvalue weighted by molar-refractivity contribution is -0.118. The molecule has 0 radical (unpaired) electrons. The molecule has 0 aliphatic heterocycles. The summed E-state index contributed by atoms with van der Waals surface area (Å²) in [5.41, 5.74) is 4.12. The van der Waals surface area contributed by atoms with Gasteiger partial charge >= 0.3 is 0 Å². The number of hydrogen-bond donors (Lipinski definition) is 1. The molecule has 5 rings (SSSR count). The zero-order chi connectivity index (χ0) is 25.9. The SMILES string of the molecule is COc1ccc(OC)c(NC(=O)C(C)n2cnc3scc(-c4ccc(-c5ccccc5)cc4)c3c2=O)c1. The number of aromatic nitrogens is 2. The zero-order valence-electron chi connectivity index (χ0n) is 20.6. The van der Waals surface area contributed by atoms with Crippen molar-refractivity contribution >= 4 is 33.1 Å². The van der Waals surface area contributed by atoms with Crippen molar-refractivity contribution in [3.8, 4) is 33.8 Å². The molecular formula is C29H25N3O4S. The van der Waals surface area contributed by atoms with E-state index in [2.05, 4.69) is 22.4 Å². The molecule has 1 N–H and O–H groups in total. The van der Waals surface area contributed by atoms with Crippen LogP contribution in [0.2, 0.25) is 0 Å². The molecule has 2 aromatic heterocycles. The minimum absolute atomic E-state index is 0.270. The number of fused-ring (bicyclic) bond motifs is 1. The molecule has 8 heteroatoms. The van der Waals surface area contributed by atoms with Crippen LogP contribution in [0, 0.1) is 0 Å². The molecule has 186 valence electrons. The van der Waals surface area contributed by atoms with Gasteiger partial charge in [0, 0.05) is 17.0 Å². The average Bonchev–Trinajstić information content (AvgIpc) is 3.38. The number of rotatable bonds is 7. The Labute approximate surface area is 217 Å². The van der Waals surface area contributed by atoms with Gasteiger partial charge in [0.25, 0.3) is 5.56 Å². The number of carbonyl (C=O) groups excluding carboxylic acids is 1. The first-order valence-electron chi connectivity index (χ1n) is 11.7. The lowest BCUT2D eigenvalue weighted by Crippen LogP contribution is -2.31. The van der Waals surface area contributed by atoms with Crippen molar-refractivity contribution in [2.75, 3.05) is 19.5 Å². The Morgan fingerprint density at radius 2 is 1.65 bits per heavy atom. The minimum Gasteiger partial charge on any atom is -0.497 e. The first kappa shape index (κ1) is 24.3. The van der Waals surface area contributed by atoms with Gasteiger partial charge in [0.15, 0.2) is 0 Å². The summed E-state index contributed by atoms with van der Waals surface area (Å²) in [6.07, 6.45) is 1.43. The minimum atomic E-state index is -0.812. The average molecular weight is 512 g/mol. The van der Waals surface area contributed by atoms with Crippen molar-refractivity contribution in [2.24, 2.45) is 0 Å². The molecule has 2 heterocycles. The van der Waals surface area contributed by atoms with E-state index in [1.165, 1.54) is 29.3 Å². The van der Waals surface area contributed by atoms with Gasteiger partial charge in [-0.2, -0.15) is 0 Å². The second-order valence-corrected chi connectivity index (χ2v) is 9.32. The van der Waals surface area contributed by atoms with E-state index in [9.17, 15) is 9.59 Å². The highest BCUT2D eigenvalue weighted by Gasteiger charge is 2.21. The molecule has 0 aliphatic carbocycles. The molecule has 0 aliphatic rings. The van der Waals surface area contributed by atoms with Crippen molar-refractivity contribution in [1.29, 1.82) is 0 Å². The number of anilines is 1. The molecule has 7 nitrogen and oxygen atoms in total. The monoisotopic (exact) mass is 511 g/mol. The van der Waals surface area contributed by atoms with Crippen molar-refractivity contribution < 1.29 is 14.3 Å². The summed E-state index contributed by atoms with van der Waals surface area (Å²) < 4.78 is 12.0. The van der Waals surface area contributed by atoms with Crippen LogP contribution in [0.5, 0.6) is 11.5 Å². The summed E-state index contributed by atoms with van der Waals surface area (Å²) in [6, 6.07) is 22.5. The van der Waals surface area contributed by atoms with Crippen molar-refractivity contribution in [3.63, 3.8) is 0 Å². The summed E-state index contributed by atoms with van der Waals surface area (Å²) in [4.78, 5) is 31.9. The fourth-order valence-corrected chi connectivity index (χ4v) is 5.09. The second kappa shape index (κ2) is 10.3. The molecule has 0 bridgehead atoms. The molecular weight excluding hydrogens is 486 g/mol. The van der Waals surface area contributed by atoms with Gasteiger partial charge in [0.05, 0.1) is 31.6 Å². The number of nitrogens with zero attached hydrogens (tertiary/aromatic N) is 2. The number of methoxy groups -OCH3 is 2. The molecule has 37 heavy (non-hydrogen) atoms. The molecule has 1 amide bonds. The molecule has 1 atom stereocenters. The largest absolute Gasteiger partial charge is 0.497 e. The Morgan fingerprint density at radius 3 is 2.35 bits per heavy atom. The van der Waals surface area contributed by atoms with Crippen molar-refractivity contribution in [2.45, 2.75) is 13.0 Å². The van der Waals surface area contributed by atoms with Crippen LogP contribution in [0.1, 0.15) is 13.0 Å².